The van der Waals surface area contributed by atoms with Crippen molar-refractivity contribution in [2.45, 2.75) is 46.0 Å². The fourth-order valence-corrected chi connectivity index (χ4v) is 1.68. The van der Waals surface area contributed by atoms with Gasteiger partial charge >= 0.3 is 0 Å². The number of rotatable bonds is 1. The Kier molecular flexibility index (Phi) is 7.50. The first kappa shape index (κ1) is 15.2. The van der Waals surface area contributed by atoms with Crippen LogP contribution in [-0.4, -0.2) is 10.4 Å². The van der Waals surface area contributed by atoms with Gasteiger partial charge in [-0.25, -0.2) is 8.78 Å². The minimum Gasteiger partial charge on any atom is -0.207 e. The summed E-state index contributed by atoms with van der Waals surface area (Å²) in [5.74, 6) is 4.38. The summed E-state index contributed by atoms with van der Waals surface area (Å²) < 4.78 is 25.5. The standard InChI is InChI=1S/C6H10F2.C6H9I/c1-5-2-3-6(7,8)4-5;1-3-4-6(2)5-7/h5H,2-4H2,1H3;6H,5H2,1-2H3/t5-;/m0./s1. The van der Waals surface area contributed by atoms with Crippen LogP contribution in [0.4, 0.5) is 8.78 Å². The summed E-state index contributed by atoms with van der Waals surface area (Å²) in [6.07, 6.45) is 0.911. The number of hydrogen-bond acceptors (Lipinski definition) is 0. The van der Waals surface area contributed by atoms with Crippen molar-refractivity contribution in [3.05, 3.63) is 0 Å². The number of alkyl halides is 3. The molecule has 0 aliphatic heterocycles. The predicted octanol–water partition coefficient (Wildman–Crippen LogP) is 4.52. The molecule has 2 atom stereocenters. The molecule has 0 amide bonds. The highest BCUT2D eigenvalue weighted by Crippen LogP contribution is 2.38. The highest BCUT2D eigenvalue weighted by atomic mass is 127. The maximum Gasteiger partial charge on any atom is 0.248 e. The summed E-state index contributed by atoms with van der Waals surface area (Å²) in [7, 11) is 0. The van der Waals surface area contributed by atoms with E-state index in [2.05, 4.69) is 41.4 Å². The Morgan fingerprint density at radius 1 is 1.53 bits per heavy atom. The second-order valence-corrected chi connectivity index (χ2v) is 5.03. The molecule has 0 aromatic heterocycles. The first-order chi connectivity index (χ1) is 6.91. The van der Waals surface area contributed by atoms with E-state index in [4.69, 9.17) is 0 Å². The lowest BCUT2D eigenvalue weighted by Crippen LogP contribution is -2.08. The molecule has 0 bridgehead atoms. The second-order valence-electron chi connectivity index (χ2n) is 4.15. The molecule has 15 heavy (non-hydrogen) atoms. The van der Waals surface area contributed by atoms with Crippen LogP contribution in [-0.2, 0) is 0 Å². The molecule has 1 rings (SSSR count). The first-order valence-electron chi connectivity index (χ1n) is 5.27. The molecular formula is C12H19F2I. The van der Waals surface area contributed by atoms with Crippen molar-refractivity contribution in [1.82, 2.24) is 0 Å². The highest BCUT2D eigenvalue weighted by Gasteiger charge is 2.36. The fraction of sp³-hybridized carbons (Fsp3) is 0.833. The summed E-state index contributed by atoms with van der Waals surface area (Å²) in [6.45, 7) is 5.88. The van der Waals surface area contributed by atoms with Gasteiger partial charge in [0, 0.05) is 23.2 Å². The van der Waals surface area contributed by atoms with E-state index >= 15 is 0 Å². The van der Waals surface area contributed by atoms with E-state index in [1.807, 2.05) is 13.8 Å². The van der Waals surface area contributed by atoms with Gasteiger partial charge in [-0.2, -0.15) is 0 Å². The van der Waals surface area contributed by atoms with Gasteiger partial charge in [0.2, 0.25) is 5.92 Å². The molecule has 1 fully saturated rings. The topological polar surface area (TPSA) is 0 Å². The third-order valence-electron chi connectivity index (χ3n) is 2.27. The Morgan fingerprint density at radius 3 is 2.27 bits per heavy atom. The van der Waals surface area contributed by atoms with Crippen LogP contribution in [0, 0.1) is 23.7 Å². The van der Waals surface area contributed by atoms with Crippen molar-refractivity contribution in [2.24, 2.45) is 11.8 Å². The van der Waals surface area contributed by atoms with Gasteiger partial charge in [0.25, 0.3) is 0 Å². The zero-order chi connectivity index (χ0) is 11.9. The van der Waals surface area contributed by atoms with Gasteiger partial charge in [-0.05, 0) is 19.3 Å². The van der Waals surface area contributed by atoms with Crippen LogP contribution in [0.25, 0.3) is 0 Å². The summed E-state index contributed by atoms with van der Waals surface area (Å²) >= 11 is 2.33. The Morgan fingerprint density at radius 2 is 2.13 bits per heavy atom. The minimum absolute atomic E-state index is 0.104. The van der Waals surface area contributed by atoms with Crippen molar-refractivity contribution in [3.8, 4) is 11.8 Å². The van der Waals surface area contributed by atoms with Crippen LogP contribution >= 0.6 is 22.6 Å². The molecule has 0 nitrogen and oxygen atoms in total. The molecule has 0 aromatic carbocycles. The maximum atomic E-state index is 12.2. The molecular weight excluding hydrogens is 309 g/mol. The zero-order valence-corrected chi connectivity index (χ0v) is 11.8. The van der Waals surface area contributed by atoms with E-state index in [1.54, 1.807) is 0 Å². The summed E-state index contributed by atoms with van der Waals surface area (Å²) in [6, 6.07) is 0. The van der Waals surface area contributed by atoms with Crippen LogP contribution < -0.4 is 0 Å². The lowest BCUT2D eigenvalue weighted by Gasteiger charge is -2.04. The van der Waals surface area contributed by atoms with Crippen LogP contribution in [0.2, 0.25) is 0 Å². The predicted molar refractivity (Wildman–Crippen MR) is 69.5 cm³/mol. The quantitative estimate of drug-likeness (QED) is 0.377. The van der Waals surface area contributed by atoms with Gasteiger partial charge in [0.05, 0.1) is 0 Å². The van der Waals surface area contributed by atoms with Gasteiger partial charge in [-0.1, -0.05) is 42.4 Å². The second kappa shape index (κ2) is 7.43. The largest absolute Gasteiger partial charge is 0.248 e. The molecule has 0 N–H and O–H groups in total. The van der Waals surface area contributed by atoms with Crippen LogP contribution in [0.5, 0.6) is 0 Å². The summed E-state index contributed by atoms with van der Waals surface area (Å²) in [5.41, 5.74) is 0. The van der Waals surface area contributed by atoms with Crippen LogP contribution in [0.15, 0.2) is 0 Å². The van der Waals surface area contributed by atoms with Crippen molar-refractivity contribution >= 4 is 22.6 Å². The van der Waals surface area contributed by atoms with E-state index in [9.17, 15) is 8.78 Å². The summed E-state index contributed by atoms with van der Waals surface area (Å²) in [5, 5.41) is 0. The molecule has 0 radical (unpaired) electrons. The molecule has 1 aliphatic rings. The van der Waals surface area contributed by atoms with Crippen molar-refractivity contribution in [2.75, 3.05) is 4.43 Å². The zero-order valence-electron chi connectivity index (χ0n) is 9.62. The van der Waals surface area contributed by atoms with Crippen molar-refractivity contribution in [1.29, 1.82) is 0 Å². The van der Waals surface area contributed by atoms with Crippen molar-refractivity contribution < 1.29 is 8.78 Å². The smallest absolute Gasteiger partial charge is 0.207 e. The Hall–Kier alpha value is 0.150. The van der Waals surface area contributed by atoms with Gasteiger partial charge in [0.1, 0.15) is 0 Å². The molecule has 1 saturated carbocycles. The van der Waals surface area contributed by atoms with Gasteiger partial charge < -0.3 is 0 Å². The molecule has 1 unspecified atom stereocenters. The van der Waals surface area contributed by atoms with Crippen LogP contribution in [0.3, 0.4) is 0 Å². The molecule has 0 spiro atoms. The van der Waals surface area contributed by atoms with Gasteiger partial charge in [0.15, 0.2) is 0 Å². The van der Waals surface area contributed by atoms with Crippen molar-refractivity contribution in [3.63, 3.8) is 0 Å². The molecule has 88 valence electrons. The van der Waals surface area contributed by atoms with E-state index in [0.717, 1.165) is 4.43 Å². The van der Waals surface area contributed by atoms with E-state index in [1.165, 1.54) is 0 Å². The highest BCUT2D eigenvalue weighted by molar-refractivity contribution is 14.1. The Bertz CT molecular complexity index is 228. The molecule has 0 heterocycles. The minimum atomic E-state index is -2.33. The summed E-state index contributed by atoms with van der Waals surface area (Å²) in [4.78, 5) is 0. The van der Waals surface area contributed by atoms with E-state index in [0.29, 0.717) is 12.3 Å². The SMILES string of the molecule is CC#CC(C)CI.C[C@H]1CCC(F)(F)C1. The third-order valence-corrected chi connectivity index (χ3v) is 3.59. The lowest BCUT2D eigenvalue weighted by molar-refractivity contribution is 0.00579. The molecule has 1 aliphatic carbocycles. The lowest BCUT2D eigenvalue weighted by atomic mass is 10.1. The van der Waals surface area contributed by atoms with E-state index < -0.39 is 5.92 Å². The average Bonchev–Trinajstić information content (AvgIpc) is 2.45. The number of hydrogen-bond donors (Lipinski definition) is 0. The molecule has 3 heteroatoms. The first-order valence-corrected chi connectivity index (χ1v) is 6.80. The van der Waals surface area contributed by atoms with E-state index in [-0.39, 0.29) is 18.8 Å². The fourth-order valence-electron chi connectivity index (χ4n) is 1.46. The average molecular weight is 328 g/mol. The molecule has 0 saturated heterocycles. The van der Waals surface area contributed by atoms with Gasteiger partial charge in [-0.3, -0.25) is 0 Å². The Balaban J connectivity index is 0.000000265. The van der Waals surface area contributed by atoms with Gasteiger partial charge in [-0.15, -0.1) is 5.92 Å². The van der Waals surface area contributed by atoms with Crippen LogP contribution in [0.1, 0.15) is 40.0 Å². The number of halogens is 3. The maximum absolute atomic E-state index is 12.2. The normalized spacial score (nSPS) is 24.5. The third kappa shape index (κ3) is 8.01. The Labute approximate surface area is 105 Å². The molecule has 0 aromatic rings. The monoisotopic (exact) mass is 328 g/mol.